The monoisotopic (exact) mass is 386 g/mol. The van der Waals surface area contributed by atoms with Crippen LogP contribution in [0.25, 0.3) is 0 Å². The van der Waals surface area contributed by atoms with Crippen molar-refractivity contribution in [2.45, 2.75) is 6.92 Å². The van der Waals surface area contributed by atoms with E-state index in [2.05, 4.69) is 31.9 Å². The van der Waals surface area contributed by atoms with E-state index in [4.69, 9.17) is 4.74 Å². The lowest BCUT2D eigenvalue weighted by Crippen LogP contribution is -1.94. The van der Waals surface area contributed by atoms with Crippen LogP contribution < -0.4 is 4.74 Å². The van der Waals surface area contributed by atoms with E-state index in [1.54, 1.807) is 24.3 Å². The molecule has 2 rings (SSSR count). The van der Waals surface area contributed by atoms with Gasteiger partial charge >= 0.3 is 0 Å². The lowest BCUT2D eigenvalue weighted by Gasteiger charge is -2.08. The summed E-state index contributed by atoms with van der Waals surface area (Å²) in [5.74, 6) is 0.703. The highest BCUT2D eigenvalue weighted by Crippen LogP contribution is 2.29. The van der Waals surface area contributed by atoms with E-state index in [0.717, 1.165) is 0 Å². The number of Topliss-reactive ketones (excluding diaryl/α,β-unsaturated/α-hetero) is 1. The van der Waals surface area contributed by atoms with E-state index < -0.39 is 0 Å². The fourth-order valence-electron chi connectivity index (χ4n) is 1.52. The van der Waals surface area contributed by atoms with Crippen LogP contribution in [0.5, 0.6) is 11.5 Å². The van der Waals surface area contributed by atoms with Crippen molar-refractivity contribution in [3.05, 3.63) is 56.7 Å². The first-order valence-electron chi connectivity index (χ1n) is 5.41. The molecule has 0 atom stereocenters. The highest BCUT2D eigenvalue weighted by molar-refractivity contribution is 9.10. The van der Waals surface area contributed by atoms with E-state index in [-0.39, 0.29) is 11.6 Å². The predicted octanol–water partition coefficient (Wildman–Crippen LogP) is 5.35. The largest absolute Gasteiger partial charge is 0.457 e. The van der Waals surface area contributed by atoms with E-state index in [1.165, 1.54) is 19.1 Å². The van der Waals surface area contributed by atoms with Gasteiger partial charge in [0.15, 0.2) is 5.78 Å². The third-order valence-electron chi connectivity index (χ3n) is 2.45. The number of hydrogen-bond donors (Lipinski definition) is 0. The highest BCUT2D eigenvalue weighted by atomic mass is 79.9. The van der Waals surface area contributed by atoms with Gasteiger partial charge in [0.1, 0.15) is 17.3 Å². The van der Waals surface area contributed by atoms with Crippen molar-refractivity contribution in [3.8, 4) is 11.5 Å². The van der Waals surface area contributed by atoms with Crippen LogP contribution >= 0.6 is 31.9 Å². The summed E-state index contributed by atoms with van der Waals surface area (Å²) in [4.78, 5) is 11.3. The molecule has 2 aromatic rings. The molecule has 0 saturated heterocycles. The molecule has 19 heavy (non-hydrogen) atoms. The molecule has 0 aliphatic carbocycles. The van der Waals surface area contributed by atoms with Gasteiger partial charge in [0.05, 0.1) is 4.47 Å². The molecule has 0 heterocycles. The average molecular weight is 388 g/mol. The van der Waals surface area contributed by atoms with Crippen LogP contribution in [0.1, 0.15) is 17.3 Å². The van der Waals surface area contributed by atoms with Crippen LogP contribution in [-0.4, -0.2) is 5.78 Å². The van der Waals surface area contributed by atoms with Gasteiger partial charge in [-0.25, -0.2) is 4.39 Å². The van der Waals surface area contributed by atoms with Crippen molar-refractivity contribution >= 4 is 37.6 Å². The zero-order valence-electron chi connectivity index (χ0n) is 9.91. The summed E-state index contributed by atoms with van der Waals surface area (Å²) < 4.78 is 19.7. The molecular formula is C14H9Br2FO2. The van der Waals surface area contributed by atoms with Gasteiger partial charge < -0.3 is 4.74 Å². The second-order valence-corrected chi connectivity index (χ2v) is 5.58. The molecule has 5 heteroatoms. The number of hydrogen-bond acceptors (Lipinski definition) is 2. The molecular weight excluding hydrogens is 379 g/mol. The van der Waals surface area contributed by atoms with Crippen molar-refractivity contribution in [3.63, 3.8) is 0 Å². The minimum absolute atomic E-state index is 0.0250. The number of carbonyl (C=O) groups is 1. The summed E-state index contributed by atoms with van der Waals surface area (Å²) in [6.45, 7) is 1.50. The topological polar surface area (TPSA) is 26.3 Å². The Morgan fingerprint density at radius 3 is 2.16 bits per heavy atom. The van der Waals surface area contributed by atoms with E-state index in [0.29, 0.717) is 26.0 Å². The van der Waals surface area contributed by atoms with Gasteiger partial charge in [0, 0.05) is 10.0 Å². The summed E-state index contributed by atoms with van der Waals surface area (Å²) >= 11 is 6.41. The van der Waals surface area contributed by atoms with E-state index in [9.17, 15) is 9.18 Å². The molecule has 0 amide bonds. The van der Waals surface area contributed by atoms with Gasteiger partial charge in [-0.2, -0.15) is 0 Å². The van der Waals surface area contributed by atoms with Crippen molar-refractivity contribution in [2.75, 3.05) is 0 Å². The minimum Gasteiger partial charge on any atom is -0.457 e. The summed E-state index contributed by atoms with van der Waals surface area (Å²) in [5.41, 5.74) is 0.590. The zero-order valence-corrected chi connectivity index (χ0v) is 13.1. The molecule has 2 aromatic carbocycles. The first kappa shape index (κ1) is 14.2. The first-order valence-corrected chi connectivity index (χ1v) is 6.99. The maximum absolute atomic E-state index is 13.1. The van der Waals surface area contributed by atoms with Crippen LogP contribution in [0.3, 0.4) is 0 Å². The summed E-state index contributed by atoms with van der Waals surface area (Å²) in [5, 5.41) is 0. The molecule has 0 saturated carbocycles. The molecule has 0 aliphatic heterocycles. The SMILES string of the molecule is CC(=O)c1ccc(Oc2ccc(F)c(Br)c2)cc1Br. The second-order valence-electron chi connectivity index (χ2n) is 3.88. The number of benzene rings is 2. The fraction of sp³-hybridized carbons (Fsp3) is 0.0714. The van der Waals surface area contributed by atoms with Gasteiger partial charge in [0.2, 0.25) is 0 Å². The van der Waals surface area contributed by atoms with Gasteiger partial charge in [0.25, 0.3) is 0 Å². The molecule has 0 spiro atoms. The Balaban J connectivity index is 2.26. The van der Waals surface area contributed by atoms with E-state index >= 15 is 0 Å². The lowest BCUT2D eigenvalue weighted by molar-refractivity contribution is 0.101. The summed E-state index contributed by atoms with van der Waals surface area (Å²) in [7, 11) is 0. The smallest absolute Gasteiger partial charge is 0.160 e. The Bertz CT molecular complexity index is 641. The lowest BCUT2D eigenvalue weighted by atomic mass is 10.1. The third-order valence-corrected chi connectivity index (χ3v) is 3.71. The Labute approximate surface area is 126 Å². The first-order chi connectivity index (χ1) is 8.97. The predicted molar refractivity (Wildman–Crippen MR) is 78.3 cm³/mol. The third kappa shape index (κ3) is 3.42. The fourth-order valence-corrected chi connectivity index (χ4v) is 2.52. The Kier molecular flexibility index (Phi) is 4.37. The molecule has 0 unspecified atom stereocenters. The number of carbonyl (C=O) groups excluding carboxylic acids is 1. The van der Waals surface area contributed by atoms with Crippen LogP contribution in [0, 0.1) is 5.82 Å². The van der Waals surface area contributed by atoms with Crippen LogP contribution in [0.4, 0.5) is 4.39 Å². The molecule has 0 N–H and O–H groups in total. The molecule has 0 bridgehead atoms. The standard InChI is InChI=1S/C14H9Br2FO2/c1-8(18)11-4-2-9(6-12(11)15)19-10-3-5-14(17)13(16)7-10/h2-7H,1H3. The summed E-state index contributed by atoms with van der Waals surface area (Å²) in [6, 6.07) is 9.47. The van der Waals surface area contributed by atoms with Crippen LogP contribution in [0.15, 0.2) is 45.3 Å². The van der Waals surface area contributed by atoms with Gasteiger partial charge in [-0.1, -0.05) is 0 Å². The van der Waals surface area contributed by atoms with E-state index in [1.807, 2.05) is 0 Å². The number of halogens is 3. The van der Waals surface area contributed by atoms with Crippen molar-refractivity contribution in [1.29, 1.82) is 0 Å². The Morgan fingerprint density at radius 1 is 1.05 bits per heavy atom. The van der Waals surface area contributed by atoms with Crippen molar-refractivity contribution in [1.82, 2.24) is 0 Å². The Morgan fingerprint density at radius 2 is 1.63 bits per heavy atom. The molecule has 98 valence electrons. The number of ketones is 1. The van der Waals surface area contributed by atoms with Gasteiger partial charge in [-0.3, -0.25) is 4.79 Å². The van der Waals surface area contributed by atoms with Crippen molar-refractivity contribution < 1.29 is 13.9 Å². The maximum Gasteiger partial charge on any atom is 0.160 e. The Hall–Kier alpha value is -1.20. The van der Waals surface area contributed by atoms with Crippen LogP contribution in [-0.2, 0) is 0 Å². The number of rotatable bonds is 3. The molecule has 0 aliphatic rings. The molecule has 0 aromatic heterocycles. The molecule has 0 fully saturated rings. The normalized spacial score (nSPS) is 10.3. The number of ether oxygens (including phenoxy) is 1. The summed E-state index contributed by atoms with van der Waals surface area (Å²) in [6.07, 6.45) is 0. The van der Waals surface area contributed by atoms with Gasteiger partial charge in [-0.15, -0.1) is 0 Å². The van der Waals surface area contributed by atoms with Crippen LogP contribution in [0.2, 0.25) is 0 Å². The van der Waals surface area contributed by atoms with Crippen molar-refractivity contribution in [2.24, 2.45) is 0 Å². The second kappa shape index (κ2) is 5.84. The maximum atomic E-state index is 13.1. The highest BCUT2D eigenvalue weighted by Gasteiger charge is 2.08. The average Bonchev–Trinajstić information content (AvgIpc) is 2.33. The quantitative estimate of drug-likeness (QED) is 0.664. The zero-order chi connectivity index (χ0) is 14.0. The van der Waals surface area contributed by atoms with Gasteiger partial charge in [-0.05, 0) is 75.2 Å². The molecule has 2 nitrogen and oxygen atoms in total. The molecule has 0 radical (unpaired) electrons. The minimum atomic E-state index is -0.347.